The summed E-state index contributed by atoms with van der Waals surface area (Å²) < 4.78 is 24.7. The van der Waals surface area contributed by atoms with Crippen molar-refractivity contribution in [2.24, 2.45) is 5.92 Å². The Labute approximate surface area is 88.7 Å². The maximum absolute atomic E-state index is 11.6. The number of hydrogen-bond donors (Lipinski definition) is 0. The first-order valence-corrected chi connectivity index (χ1v) is 7.29. The minimum absolute atomic E-state index is 0.353. The van der Waals surface area contributed by atoms with Gasteiger partial charge in [0.05, 0.1) is 5.75 Å². The third kappa shape index (κ3) is 3.95. The Hall–Kier alpha value is 0.390. The van der Waals surface area contributed by atoms with Crippen molar-refractivity contribution < 1.29 is 8.42 Å². The zero-order valence-electron chi connectivity index (χ0n) is 7.87. The number of halogens is 1. The zero-order valence-corrected chi connectivity index (χ0v) is 10.3. The molecule has 0 aromatic heterocycles. The molecule has 78 valence electrons. The molecule has 0 atom stereocenters. The van der Waals surface area contributed by atoms with Gasteiger partial charge in [-0.3, -0.25) is 0 Å². The Morgan fingerprint density at radius 2 is 2.08 bits per heavy atom. The van der Waals surface area contributed by atoms with Crippen molar-refractivity contribution in [1.82, 2.24) is 4.31 Å². The fourth-order valence-corrected chi connectivity index (χ4v) is 2.97. The minimum atomic E-state index is -2.96. The number of sulfonamides is 1. The van der Waals surface area contributed by atoms with Crippen LogP contribution in [-0.4, -0.2) is 37.4 Å². The first-order chi connectivity index (χ1) is 6.06. The van der Waals surface area contributed by atoms with Crippen LogP contribution in [0.25, 0.3) is 0 Å². The molecule has 0 unspecified atom stereocenters. The molecule has 0 heterocycles. The van der Waals surface area contributed by atoms with Crippen LogP contribution in [-0.2, 0) is 10.0 Å². The molecule has 0 radical (unpaired) electrons. The van der Waals surface area contributed by atoms with Crippen LogP contribution >= 0.6 is 15.9 Å². The van der Waals surface area contributed by atoms with Crippen molar-refractivity contribution in [2.75, 3.05) is 24.7 Å². The third-order valence-electron chi connectivity index (χ3n) is 2.22. The molecule has 0 bridgehead atoms. The van der Waals surface area contributed by atoms with E-state index in [0.29, 0.717) is 18.2 Å². The summed E-state index contributed by atoms with van der Waals surface area (Å²) in [7, 11) is -1.29. The Morgan fingerprint density at radius 3 is 2.54 bits per heavy atom. The summed E-state index contributed by atoms with van der Waals surface area (Å²) in [6.07, 6.45) is 3.05. The quantitative estimate of drug-likeness (QED) is 0.685. The summed E-state index contributed by atoms with van der Waals surface area (Å²) in [5, 5.41) is 0.857. The van der Waals surface area contributed by atoms with E-state index in [-0.39, 0.29) is 0 Å². The standard InChI is InChI=1S/C8H16BrNO2S/c1-10(6-2-5-9)13(11,12)7-8-3-4-8/h8H,2-7H2,1H3. The molecule has 0 amide bonds. The van der Waals surface area contributed by atoms with Gasteiger partial charge in [0.25, 0.3) is 0 Å². The highest BCUT2D eigenvalue weighted by Gasteiger charge is 2.29. The van der Waals surface area contributed by atoms with E-state index in [0.717, 1.165) is 24.6 Å². The van der Waals surface area contributed by atoms with E-state index < -0.39 is 10.0 Å². The van der Waals surface area contributed by atoms with Crippen molar-refractivity contribution in [3.63, 3.8) is 0 Å². The van der Waals surface area contributed by atoms with Crippen LogP contribution < -0.4 is 0 Å². The van der Waals surface area contributed by atoms with Crippen LogP contribution in [0.3, 0.4) is 0 Å². The topological polar surface area (TPSA) is 37.4 Å². The second-order valence-electron chi connectivity index (χ2n) is 3.59. The summed E-state index contributed by atoms with van der Waals surface area (Å²) in [5.41, 5.74) is 0. The van der Waals surface area contributed by atoms with Crippen molar-refractivity contribution in [2.45, 2.75) is 19.3 Å². The lowest BCUT2D eigenvalue weighted by Crippen LogP contribution is -2.31. The van der Waals surface area contributed by atoms with E-state index in [9.17, 15) is 8.42 Å². The van der Waals surface area contributed by atoms with Gasteiger partial charge in [0.2, 0.25) is 10.0 Å². The first kappa shape index (κ1) is 11.5. The van der Waals surface area contributed by atoms with Crippen molar-refractivity contribution >= 4 is 26.0 Å². The van der Waals surface area contributed by atoms with Crippen LogP contribution in [0.5, 0.6) is 0 Å². The molecular weight excluding hydrogens is 254 g/mol. The summed E-state index contributed by atoms with van der Waals surface area (Å²) in [6, 6.07) is 0. The lowest BCUT2D eigenvalue weighted by molar-refractivity contribution is 0.467. The largest absolute Gasteiger partial charge is 0.214 e. The summed E-state index contributed by atoms with van der Waals surface area (Å²) in [6.45, 7) is 0.625. The number of alkyl halides is 1. The smallest absolute Gasteiger partial charge is 0.212 e. The van der Waals surface area contributed by atoms with Gasteiger partial charge in [-0.05, 0) is 25.2 Å². The molecule has 3 nitrogen and oxygen atoms in total. The molecular formula is C8H16BrNO2S. The summed E-state index contributed by atoms with van der Waals surface area (Å²) >= 11 is 3.29. The second kappa shape index (κ2) is 4.75. The van der Waals surface area contributed by atoms with Crippen LogP contribution in [0.1, 0.15) is 19.3 Å². The van der Waals surface area contributed by atoms with Crippen LogP contribution in [0.4, 0.5) is 0 Å². The van der Waals surface area contributed by atoms with Crippen molar-refractivity contribution in [1.29, 1.82) is 0 Å². The van der Waals surface area contributed by atoms with E-state index in [4.69, 9.17) is 0 Å². The molecule has 1 fully saturated rings. The molecule has 1 saturated carbocycles. The first-order valence-electron chi connectivity index (χ1n) is 4.56. The van der Waals surface area contributed by atoms with Gasteiger partial charge in [-0.25, -0.2) is 12.7 Å². The highest BCUT2D eigenvalue weighted by molar-refractivity contribution is 9.09. The molecule has 0 aromatic carbocycles. The van der Waals surface area contributed by atoms with Crippen molar-refractivity contribution in [3.05, 3.63) is 0 Å². The predicted molar refractivity (Wildman–Crippen MR) is 57.6 cm³/mol. The monoisotopic (exact) mass is 269 g/mol. The SMILES string of the molecule is CN(CCCBr)S(=O)(=O)CC1CC1. The Bertz CT molecular complexity index is 249. The molecule has 1 rings (SSSR count). The lowest BCUT2D eigenvalue weighted by Gasteiger charge is -2.15. The highest BCUT2D eigenvalue weighted by atomic mass is 79.9. The van der Waals surface area contributed by atoms with E-state index >= 15 is 0 Å². The van der Waals surface area contributed by atoms with Gasteiger partial charge in [0.1, 0.15) is 0 Å². The van der Waals surface area contributed by atoms with Gasteiger partial charge in [-0.1, -0.05) is 15.9 Å². The molecule has 0 spiro atoms. The Morgan fingerprint density at radius 1 is 1.46 bits per heavy atom. The highest BCUT2D eigenvalue weighted by Crippen LogP contribution is 2.30. The molecule has 13 heavy (non-hydrogen) atoms. The number of rotatable bonds is 6. The lowest BCUT2D eigenvalue weighted by atomic mass is 10.5. The molecule has 5 heteroatoms. The summed E-state index contributed by atoms with van der Waals surface area (Å²) in [5.74, 6) is 0.794. The second-order valence-corrected chi connectivity index (χ2v) is 6.50. The average Bonchev–Trinajstić information content (AvgIpc) is 2.83. The van der Waals surface area contributed by atoms with Gasteiger partial charge < -0.3 is 0 Å². The number of hydrogen-bond acceptors (Lipinski definition) is 2. The minimum Gasteiger partial charge on any atom is -0.212 e. The van der Waals surface area contributed by atoms with Crippen molar-refractivity contribution in [3.8, 4) is 0 Å². The molecule has 0 aromatic rings. The molecule has 0 aliphatic heterocycles. The fraction of sp³-hybridized carbons (Fsp3) is 1.00. The predicted octanol–water partition coefficient (Wildman–Crippen LogP) is 1.44. The summed E-state index contributed by atoms with van der Waals surface area (Å²) in [4.78, 5) is 0. The third-order valence-corrected chi connectivity index (χ3v) is 4.81. The maximum Gasteiger partial charge on any atom is 0.214 e. The van der Waals surface area contributed by atoms with E-state index in [1.165, 1.54) is 4.31 Å². The van der Waals surface area contributed by atoms with Crippen LogP contribution in [0.2, 0.25) is 0 Å². The maximum atomic E-state index is 11.6. The van der Waals surface area contributed by atoms with E-state index in [1.807, 2.05) is 0 Å². The molecule has 1 aliphatic rings. The molecule has 0 saturated heterocycles. The zero-order chi connectivity index (χ0) is 9.90. The van der Waals surface area contributed by atoms with Gasteiger partial charge in [-0.15, -0.1) is 0 Å². The van der Waals surface area contributed by atoms with Gasteiger partial charge >= 0.3 is 0 Å². The van der Waals surface area contributed by atoms with Crippen LogP contribution in [0.15, 0.2) is 0 Å². The van der Waals surface area contributed by atoms with E-state index in [1.54, 1.807) is 7.05 Å². The van der Waals surface area contributed by atoms with Crippen LogP contribution in [0, 0.1) is 5.92 Å². The normalized spacial score (nSPS) is 18.1. The number of nitrogens with zero attached hydrogens (tertiary/aromatic N) is 1. The average molecular weight is 270 g/mol. The molecule has 0 N–H and O–H groups in total. The van der Waals surface area contributed by atoms with Gasteiger partial charge in [0.15, 0.2) is 0 Å². The Kier molecular flexibility index (Phi) is 4.19. The van der Waals surface area contributed by atoms with Gasteiger partial charge in [0, 0.05) is 18.9 Å². The Balaban J connectivity index is 2.37. The fourth-order valence-electron chi connectivity index (χ4n) is 1.13. The van der Waals surface area contributed by atoms with E-state index in [2.05, 4.69) is 15.9 Å². The molecule has 1 aliphatic carbocycles. The van der Waals surface area contributed by atoms with Gasteiger partial charge in [-0.2, -0.15) is 0 Å².